The van der Waals surface area contributed by atoms with Crippen LogP contribution in [0.1, 0.15) is 24.6 Å². The molecule has 0 atom stereocenters. The average molecular weight is 328 g/mol. The SMILES string of the molecule is CCCCOc1cc(NCc2cncs2)ccc1OC(F)F. The predicted octanol–water partition coefficient (Wildman–Crippen LogP) is 4.54. The van der Waals surface area contributed by atoms with Gasteiger partial charge in [0.25, 0.3) is 0 Å². The topological polar surface area (TPSA) is 43.4 Å². The molecule has 0 aliphatic heterocycles. The van der Waals surface area contributed by atoms with E-state index in [9.17, 15) is 8.78 Å². The number of aromatic nitrogens is 1. The maximum absolute atomic E-state index is 12.4. The normalized spacial score (nSPS) is 10.7. The lowest BCUT2D eigenvalue weighted by Gasteiger charge is -2.14. The van der Waals surface area contributed by atoms with Crippen molar-refractivity contribution in [2.75, 3.05) is 11.9 Å². The molecule has 2 aromatic rings. The van der Waals surface area contributed by atoms with Crippen molar-refractivity contribution in [3.8, 4) is 11.5 Å². The van der Waals surface area contributed by atoms with Gasteiger partial charge in [0, 0.05) is 22.8 Å². The van der Waals surface area contributed by atoms with Gasteiger partial charge in [-0.15, -0.1) is 11.3 Å². The monoisotopic (exact) mass is 328 g/mol. The molecule has 1 aromatic carbocycles. The Bertz CT molecular complexity index is 565. The van der Waals surface area contributed by atoms with Gasteiger partial charge in [0.1, 0.15) is 0 Å². The van der Waals surface area contributed by atoms with Gasteiger partial charge < -0.3 is 14.8 Å². The van der Waals surface area contributed by atoms with Gasteiger partial charge in [-0.25, -0.2) is 0 Å². The van der Waals surface area contributed by atoms with Gasteiger partial charge in [-0.2, -0.15) is 8.78 Å². The van der Waals surface area contributed by atoms with E-state index in [1.807, 2.05) is 6.92 Å². The Labute approximate surface area is 132 Å². The van der Waals surface area contributed by atoms with E-state index in [0.29, 0.717) is 18.9 Å². The third kappa shape index (κ3) is 5.14. The number of rotatable bonds is 9. The van der Waals surface area contributed by atoms with Crippen LogP contribution in [0, 0.1) is 0 Å². The van der Waals surface area contributed by atoms with E-state index in [0.717, 1.165) is 23.4 Å². The number of halogens is 2. The molecule has 0 bridgehead atoms. The summed E-state index contributed by atoms with van der Waals surface area (Å²) in [5.74, 6) is 0.373. The van der Waals surface area contributed by atoms with Crippen molar-refractivity contribution in [1.82, 2.24) is 4.98 Å². The molecule has 0 amide bonds. The molecule has 1 heterocycles. The molecule has 0 radical (unpaired) electrons. The standard InChI is InChI=1S/C15H18F2N2O2S/c1-2-3-6-20-14-7-11(4-5-13(14)21-15(16)17)19-9-12-8-18-10-22-12/h4-5,7-8,10,15,19H,2-3,6,9H2,1H3. The number of nitrogens with one attached hydrogen (secondary N) is 1. The molecular formula is C15H18F2N2O2S. The number of unbranched alkanes of at least 4 members (excludes halogenated alkanes) is 1. The van der Waals surface area contributed by atoms with E-state index in [4.69, 9.17) is 4.74 Å². The van der Waals surface area contributed by atoms with Gasteiger partial charge in [0.2, 0.25) is 0 Å². The Morgan fingerprint density at radius 3 is 2.86 bits per heavy atom. The summed E-state index contributed by atoms with van der Waals surface area (Å²) in [7, 11) is 0. The molecule has 0 aliphatic carbocycles. The van der Waals surface area contributed by atoms with E-state index >= 15 is 0 Å². The largest absolute Gasteiger partial charge is 0.490 e. The molecule has 0 spiro atoms. The average Bonchev–Trinajstić information content (AvgIpc) is 3.00. The molecule has 0 saturated carbocycles. The van der Waals surface area contributed by atoms with Crippen LogP contribution in [-0.2, 0) is 6.54 Å². The van der Waals surface area contributed by atoms with Gasteiger partial charge in [-0.05, 0) is 18.6 Å². The second-order valence-electron chi connectivity index (χ2n) is 4.56. The Kier molecular flexibility index (Phi) is 6.39. The van der Waals surface area contributed by atoms with E-state index in [-0.39, 0.29) is 5.75 Å². The second kappa shape index (κ2) is 8.53. The van der Waals surface area contributed by atoms with Gasteiger partial charge >= 0.3 is 6.61 Å². The summed E-state index contributed by atoms with van der Waals surface area (Å²) in [6.45, 7) is 0.250. The highest BCUT2D eigenvalue weighted by Crippen LogP contribution is 2.32. The number of ether oxygens (including phenoxy) is 2. The number of nitrogens with zero attached hydrogens (tertiary/aromatic N) is 1. The van der Waals surface area contributed by atoms with Crippen LogP contribution in [0.5, 0.6) is 11.5 Å². The zero-order valence-electron chi connectivity index (χ0n) is 12.2. The van der Waals surface area contributed by atoms with Crippen molar-refractivity contribution in [3.63, 3.8) is 0 Å². The smallest absolute Gasteiger partial charge is 0.387 e. The second-order valence-corrected chi connectivity index (χ2v) is 5.53. The minimum absolute atomic E-state index is 0.0504. The molecule has 7 heteroatoms. The van der Waals surface area contributed by atoms with Crippen LogP contribution < -0.4 is 14.8 Å². The van der Waals surface area contributed by atoms with E-state index in [1.165, 1.54) is 6.07 Å². The van der Waals surface area contributed by atoms with Crippen molar-refractivity contribution >= 4 is 17.0 Å². The van der Waals surface area contributed by atoms with Crippen molar-refractivity contribution < 1.29 is 18.3 Å². The zero-order valence-corrected chi connectivity index (χ0v) is 13.0. The fourth-order valence-corrected chi connectivity index (χ4v) is 2.30. The zero-order chi connectivity index (χ0) is 15.8. The molecule has 1 N–H and O–H groups in total. The van der Waals surface area contributed by atoms with E-state index in [1.54, 1.807) is 35.2 Å². The Morgan fingerprint density at radius 2 is 2.18 bits per heavy atom. The van der Waals surface area contributed by atoms with Crippen LogP contribution in [0.15, 0.2) is 29.9 Å². The predicted molar refractivity (Wildman–Crippen MR) is 82.9 cm³/mol. The van der Waals surface area contributed by atoms with Crippen LogP contribution in [0.3, 0.4) is 0 Å². The first-order valence-corrected chi connectivity index (χ1v) is 7.90. The maximum Gasteiger partial charge on any atom is 0.387 e. The minimum atomic E-state index is -2.87. The summed E-state index contributed by atoms with van der Waals surface area (Å²) in [4.78, 5) is 5.08. The lowest BCUT2D eigenvalue weighted by Crippen LogP contribution is -2.06. The highest BCUT2D eigenvalue weighted by atomic mass is 32.1. The Morgan fingerprint density at radius 1 is 1.32 bits per heavy atom. The van der Waals surface area contributed by atoms with E-state index < -0.39 is 6.61 Å². The number of alkyl halides is 2. The Hall–Kier alpha value is -1.89. The summed E-state index contributed by atoms with van der Waals surface area (Å²) >= 11 is 1.55. The summed E-state index contributed by atoms with van der Waals surface area (Å²) < 4.78 is 34.9. The van der Waals surface area contributed by atoms with Crippen molar-refractivity contribution in [2.45, 2.75) is 32.9 Å². The van der Waals surface area contributed by atoms with E-state index in [2.05, 4.69) is 15.0 Å². The first kappa shape index (κ1) is 16.5. The summed E-state index contributed by atoms with van der Waals surface area (Å²) in [5.41, 5.74) is 2.54. The highest BCUT2D eigenvalue weighted by Gasteiger charge is 2.12. The van der Waals surface area contributed by atoms with Gasteiger partial charge in [0.15, 0.2) is 11.5 Å². The maximum atomic E-state index is 12.4. The fourth-order valence-electron chi connectivity index (χ4n) is 1.77. The van der Waals surface area contributed by atoms with Crippen molar-refractivity contribution in [3.05, 3.63) is 34.8 Å². The van der Waals surface area contributed by atoms with Crippen LogP contribution in [-0.4, -0.2) is 18.2 Å². The highest BCUT2D eigenvalue weighted by molar-refractivity contribution is 7.09. The third-order valence-corrected chi connectivity index (χ3v) is 3.65. The molecule has 0 saturated heterocycles. The summed E-state index contributed by atoms with van der Waals surface area (Å²) in [6, 6.07) is 4.85. The summed E-state index contributed by atoms with van der Waals surface area (Å²) in [6.07, 6.45) is 3.60. The molecule has 0 fully saturated rings. The lowest BCUT2D eigenvalue weighted by atomic mass is 10.2. The molecule has 4 nitrogen and oxygen atoms in total. The van der Waals surface area contributed by atoms with Crippen LogP contribution in [0.25, 0.3) is 0 Å². The number of hydrogen-bond acceptors (Lipinski definition) is 5. The molecule has 22 heavy (non-hydrogen) atoms. The molecule has 1 aromatic heterocycles. The van der Waals surface area contributed by atoms with Crippen molar-refractivity contribution in [1.29, 1.82) is 0 Å². The molecule has 0 unspecified atom stereocenters. The minimum Gasteiger partial charge on any atom is -0.490 e. The first-order valence-electron chi connectivity index (χ1n) is 7.02. The van der Waals surface area contributed by atoms with Crippen LogP contribution >= 0.6 is 11.3 Å². The van der Waals surface area contributed by atoms with Gasteiger partial charge in [-0.1, -0.05) is 13.3 Å². The number of benzene rings is 1. The first-order chi connectivity index (χ1) is 10.7. The lowest BCUT2D eigenvalue weighted by molar-refractivity contribution is -0.0514. The number of thiazole rings is 1. The number of hydrogen-bond donors (Lipinski definition) is 1. The van der Waals surface area contributed by atoms with Crippen molar-refractivity contribution in [2.24, 2.45) is 0 Å². The number of anilines is 1. The molecular weight excluding hydrogens is 310 g/mol. The third-order valence-electron chi connectivity index (χ3n) is 2.87. The fraction of sp³-hybridized carbons (Fsp3) is 0.400. The quantitative estimate of drug-likeness (QED) is 0.687. The summed E-state index contributed by atoms with van der Waals surface area (Å²) in [5, 5.41) is 3.21. The molecule has 0 aliphatic rings. The van der Waals surface area contributed by atoms with Crippen LogP contribution in [0.4, 0.5) is 14.5 Å². The Balaban J connectivity index is 2.05. The molecule has 2 rings (SSSR count). The van der Waals surface area contributed by atoms with Gasteiger partial charge in [0.05, 0.1) is 18.7 Å². The van der Waals surface area contributed by atoms with Gasteiger partial charge in [-0.3, -0.25) is 4.98 Å². The molecule has 120 valence electrons. The van der Waals surface area contributed by atoms with Crippen LogP contribution in [0.2, 0.25) is 0 Å².